The SMILES string of the molecule is N#CCc1ccc(S(=O)(=O)Nc2c(Cl)cccc2Cl)cc1. The summed E-state index contributed by atoms with van der Waals surface area (Å²) in [4.78, 5) is 0.0696. The van der Waals surface area contributed by atoms with E-state index in [4.69, 9.17) is 28.5 Å². The Balaban J connectivity index is 2.32. The number of sulfonamides is 1. The van der Waals surface area contributed by atoms with Crippen LogP contribution in [0.25, 0.3) is 0 Å². The molecule has 0 heterocycles. The van der Waals surface area contributed by atoms with Crippen LogP contribution in [0.15, 0.2) is 47.4 Å². The van der Waals surface area contributed by atoms with Gasteiger partial charge < -0.3 is 0 Å². The van der Waals surface area contributed by atoms with Gasteiger partial charge in [0.2, 0.25) is 0 Å². The van der Waals surface area contributed by atoms with E-state index in [0.29, 0.717) is 0 Å². The van der Waals surface area contributed by atoms with Crippen LogP contribution in [-0.4, -0.2) is 8.42 Å². The maximum atomic E-state index is 12.3. The Morgan fingerprint density at radius 1 is 1.05 bits per heavy atom. The van der Waals surface area contributed by atoms with Gasteiger partial charge >= 0.3 is 0 Å². The van der Waals surface area contributed by atoms with E-state index in [1.807, 2.05) is 6.07 Å². The Labute approximate surface area is 133 Å². The summed E-state index contributed by atoms with van der Waals surface area (Å²) in [7, 11) is -3.79. The number of rotatable bonds is 4. The number of halogens is 2. The zero-order chi connectivity index (χ0) is 15.5. The maximum absolute atomic E-state index is 12.3. The van der Waals surface area contributed by atoms with E-state index < -0.39 is 10.0 Å². The number of nitriles is 1. The molecule has 108 valence electrons. The van der Waals surface area contributed by atoms with Gasteiger partial charge in [-0.05, 0) is 29.8 Å². The second-order valence-electron chi connectivity index (χ2n) is 4.18. The highest BCUT2D eigenvalue weighted by Crippen LogP contribution is 2.31. The fourth-order valence-corrected chi connectivity index (χ4v) is 3.37. The van der Waals surface area contributed by atoms with Crippen molar-refractivity contribution in [1.82, 2.24) is 0 Å². The number of para-hydroxylation sites is 1. The molecule has 4 nitrogen and oxygen atoms in total. The molecule has 0 fully saturated rings. The lowest BCUT2D eigenvalue weighted by Crippen LogP contribution is -2.13. The van der Waals surface area contributed by atoms with E-state index >= 15 is 0 Å². The normalized spacial score (nSPS) is 10.9. The van der Waals surface area contributed by atoms with Crippen molar-refractivity contribution in [3.05, 3.63) is 58.1 Å². The van der Waals surface area contributed by atoms with Crippen molar-refractivity contribution < 1.29 is 8.42 Å². The Morgan fingerprint density at radius 3 is 2.14 bits per heavy atom. The summed E-state index contributed by atoms with van der Waals surface area (Å²) >= 11 is 11.9. The summed E-state index contributed by atoms with van der Waals surface area (Å²) < 4.78 is 26.9. The van der Waals surface area contributed by atoms with Gasteiger partial charge in [-0.3, -0.25) is 4.72 Å². The van der Waals surface area contributed by atoms with Gasteiger partial charge in [-0.15, -0.1) is 0 Å². The summed E-state index contributed by atoms with van der Waals surface area (Å²) in [5.74, 6) is 0. The predicted molar refractivity (Wildman–Crippen MR) is 83.0 cm³/mol. The van der Waals surface area contributed by atoms with E-state index in [0.717, 1.165) is 5.56 Å². The Hall–Kier alpha value is -1.74. The summed E-state index contributed by atoms with van der Waals surface area (Å²) in [6.07, 6.45) is 0.226. The number of nitrogens with one attached hydrogen (secondary N) is 1. The molecule has 2 rings (SSSR count). The van der Waals surface area contributed by atoms with E-state index in [1.54, 1.807) is 30.3 Å². The Morgan fingerprint density at radius 2 is 1.62 bits per heavy atom. The second kappa shape index (κ2) is 6.35. The van der Waals surface area contributed by atoms with Crippen molar-refractivity contribution in [3.63, 3.8) is 0 Å². The molecule has 0 aliphatic heterocycles. The summed E-state index contributed by atoms with van der Waals surface area (Å²) in [6.45, 7) is 0. The minimum atomic E-state index is -3.79. The number of nitrogens with zero attached hydrogens (tertiary/aromatic N) is 1. The van der Waals surface area contributed by atoms with Crippen LogP contribution in [-0.2, 0) is 16.4 Å². The van der Waals surface area contributed by atoms with Crippen LogP contribution in [0, 0.1) is 11.3 Å². The Kier molecular flexibility index (Phi) is 4.73. The molecule has 0 spiro atoms. The molecular formula is C14H10Cl2N2O2S. The van der Waals surface area contributed by atoms with Crippen LogP contribution in [0.2, 0.25) is 10.0 Å². The van der Waals surface area contributed by atoms with Gasteiger partial charge in [0.05, 0.1) is 33.1 Å². The lowest BCUT2D eigenvalue weighted by molar-refractivity contribution is 0.601. The van der Waals surface area contributed by atoms with Gasteiger partial charge in [0.25, 0.3) is 10.0 Å². The minimum Gasteiger partial charge on any atom is -0.277 e. The van der Waals surface area contributed by atoms with E-state index in [9.17, 15) is 8.42 Å². The zero-order valence-corrected chi connectivity index (χ0v) is 13.0. The van der Waals surface area contributed by atoms with Crippen LogP contribution in [0.4, 0.5) is 5.69 Å². The van der Waals surface area contributed by atoms with E-state index in [1.165, 1.54) is 12.1 Å². The lowest BCUT2D eigenvalue weighted by atomic mass is 10.2. The summed E-state index contributed by atoms with van der Waals surface area (Å²) in [5, 5.41) is 9.02. The van der Waals surface area contributed by atoms with Gasteiger partial charge in [-0.1, -0.05) is 41.4 Å². The highest BCUT2D eigenvalue weighted by molar-refractivity contribution is 7.92. The standard InChI is InChI=1S/C14H10Cl2N2O2S/c15-12-2-1-3-13(16)14(12)18-21(19,20)11-6-4-10(5-7-11)8-9-17/h1-7,18H,8H2. The van der Waals surface area contributed by atoms with Gasteiger partial charge in [0.1, 0.15) is 0 Å². The molecule has 0 aliphatic rings. The van der Waals surface area contributed by atoms with E-state index in [2.05, 4.69) is 4.72 Å². The quantitative estimate of drug-likeness (QED) is 0.918. The first-order chi connectivity index (χ1) is 9.94. The fraction of sp³-hybridized carbons (Fsp3) is 0.0714. The number of hydrogen-bond donors (Lipinski definition) is 1. The molecule has 0 bridgehead atoms. The molecule has 0 saturated heterocycles. The molecule has 0 aromatic heterocycles. The highest BCUT2D eigenvalue weighted by atomic mass is 35.5. The first-order valence-corrected chi connectivity index (χ1v) is 8.10. The van der Waals surface area contributed by atoms with Crippen molar-refractivity contribution in [2.24, 2.45) is 0 Å². The first-order valence-electron chi connectivity index (χ1n) is 5.87. The van der Waals surface area contributed by atoms with Gasteiger partial charge in [-0.2, -0.15) is 5.26 Å². The monoisotopic (exact) mass is 340 g/mol. The average molecular weight is 341 g/mol. The summed E-state index contributed by atoms with van der Waals surface area (Å²) in [5.41, 5.74) is 0.883. The minimum absolute atomic E-state index is 0.0696. The molecular weight excluding hydrogens is 331 g/mol. The largest absolute Gasteiger partial charge is 0.277 e. The zero-order valence-electron chi connectivity index (χ0n) is 10.7. The topological polar surface area (TPSA) is 70.0 Å². The third-order valence-corrected chi connectivity index (χ3v) is 4.71. The molecule has 1 N–H and O–H groups in total. The number of benzene rings is 2. The van der Waals surface area contributed by atoms with Crippen molar-refractivity contribution >= 4 is 38.9 Å². The van der Waals surface area contributed by atoms with Crippen LogP contribution in [0.3, 0.4) is 0 Å². The van der Waals surface area contributed by atoms with Gasteiger partial charge in [0.15, 0.2) is 0 Å². The fourth-order valence-electron chi connectivity index (χ4n) is 1.67. The highest BCUT2D eigenvalue weighted by Gasteiger charge is 2.17. The predicted octanol–water partition coefficient (Wildman–Crippen LogP) is 3.86. The summed E-state index contributed by atoms with van der Waals surface area (Å²) in [6, 6.07) is 12.7. The molecule has 0 unspecified atom stereocenters. The third kappa shape index (κ3) is 3.67. The first kappa shape index (κ1) is 15.6. The van der Waals surface area contributed by atoms with Crippen molar-refractivity contribution in [2.75, 3.05) is 4.72 Å². The van der Waals surface area contributed by atoms with Crippen LogP contribution in [0.5, 0.6) is 0 Å². The molecule has 0 amide bonds. The average Bonchev–Trinajstić information content (AvgIpc) is 2.44. The molecule has 7 heteroatoms. The Bertz CT molecular complexity index is 776. The molecule has 0 radical (unpaired) electrons. The molecule has 2 aromatic carbocycles. The molecule has 0 atom stereocenters. The molecule has 21 heavy (non-hydrogen) atoms. The maximum Gasteiger partial charge on any atom is 0.261 e. The molecule has 0 aliphatic carbocycles. The lowest BCUT2D eigenvalue weighted by Gasteiger charge is -2.11. The molecule has 2 aromatic rings. The second-order valence-corrected chi connectivity index (χ2v) is 6.68. The van der Waals surface area contributed by atoms with Crippen LogP contribution in [0.1, 0.15) is 5.56 Å². The van der Waals surface area contributed by atoms with Crippen molar-refractivity contribution in [2.45, 2.75) is 11.3 Å². The van der Waals surface area contributed by atoms with Gasteiger partial charge in [0, 0.05) is 0 Å². The number of hydrogen-bond acceptors (Lipinski definition) is 3. The number of anilines is 1. The smallest absolute Gasteiger partial charge is 0.261 e. The van der Waals surface area contributed by atoms with Crippen molar-refractivity contribution in [1.29, 1.82) is 5.26 Å². The van der Waals surface area contributed by atoms with Crippen molar-refractivity contribution in [3.8, 4) is 6.07 Å². The third-order valence-electron chi connectivity index (χ3n) is 2.72. The molecule has 0 saturated carbocycles. The van der Waals surface area contributed by atoms with Gasteiger partial charge in [-0.25, -0.2) is 8.42 Å². The van der Waals surface area contributed by atoms with Crippen LogP contribution < -0.4 is 4.72 Å². The van der Waals surface area contributed by atoms with Crippen LogP contribution >= 0.6 is 23.2 Å². The van der Waals surface area contributed by atoms with E-state index in [-0.39, 0.29) is 27.0 Å².